The van der Waals surface area contributed by atoms with Gasteiger partial charge in [-0.1, -0.05) is 0 Å². The predicted octanol–water partition coefficient (Wildman–Crippen LogP) is 0.159. The molecule has 3 N–H and O–H groups in total. The van der Waals surface area contributed by atoms with Crippen molar-refractivity contribution in [2.75, 3.05) is 6.54 Å². The van der Waals surface area contributed by atoms with Crippen LogP contribution in [0.2, 0.25) is 0 Å². The van der Waals surface area contributed by atoms with Crippen LogP contribution >= 0.6 is 0 Å². The van der Waals surface area contributed by atoms with Crippen LogP contribution in [0.4, 0.5) is 0 Å². The van der Waals surface area contributed by atoms with Crippen LogP contribution in [0.1, 0.15) is 17.3 Å². The summed E-state index contributed by atoms with van der Waals surface area (Å²) in [5, 5.41) is 2.74. The lowest BCUT2D eigenvalue weighted by atomic mass is 10.2. The minimum atomic E-state index is -0.133. The number of pyridine rings is 1. The Morgan fingerprint density at radius 3 is 3.08 bits per heavy atom. The standard InChI is InChI=1S/C9H13N3O/c1-7(5-10)12-9(13)8-3-2-4-11-6-8/h2-4,6-7H,5,10H2,1H3,(H,12,13)/t7-/m1/s1. The molecule has 0 saturated carbocycles. The number of hydrogen-bond donors (Lipinski definition) is 2. The summed E-state index contributed by atoms with van der Waals surface area (Å²) in [4.78, 5) is 15.3. The van der Waals surface area contributed by atoms with Crippen LogP contribution in [-0.4, -0.2) is 23.5 Å². The number of nitrogens with one attached hydrogen (secondary N) is 1. The molecule has 1 atom stereocenters. The van der Waals surface area contributed by atoms with E-state index < -0.39 is 0 Å². The molecule has 0 saturated heterocycles. The van der Waals surface area contributed by atoms with Gasteiger partial charge in [-0.25, -0.2) is 0 Å². The molecule has 0 radical (unpaired) electrons. The number of amides is 1. The number of carbonyl (C=O) groups excluding carboxylic acids is 1. The number of aromatic nitrogens is 1. The molecule has 0 aliphatic heterocycles. The van der Waals surface area contributed by atoms with Crippen LogP contribution in [0.25, 0.3) is 0 Å². The van der Waals surface area contributed by atoms with E-state index in [1.807, 2.05) is 6.92 Å². The first-order valence-electron chi connectivity index (χ1n) is 4.15. The van der Waals surface area contributed by atoms with E-state index in [1.54, 1.807) is 18.3 Å². The molecule has 0 aliphatic rings. The molecule has 0 fully saturated rings. The molecule has 1 aromatic rings. The normalized spacial score (nSPS) is 12.2. The molecule has 0 spiro atoms. The molecule has 0 aliphatic carbocycles. The topological polar surface area (TPSA) is 68.0 Å². The fourth-order valence-electron chi connectivity index (χ4n) is 0.863. The summed E-state index contributed by atoms with van der Waals surface area (Å²) in [6.45, 7) is 2.29. The highest BCUT2D eigenvalue weighted by Crippen LogP contribution is 1.95. The zero-order valence-corrected chi connectivity index (χ0v) is 7.53. The molecular formula is C9H13N3O. The van der Waals surface area contributed by atoms with Gasteiger partial charge in [0.15, 0.2) is 0 Å². The highest BCUT2D eigenvalue weighted by Gasteiger charge is 2.07. The molecule has 0 bridgehead atoms. The SMILES string of the molecule is C[C@H](CN)NC(=O)c1cccnc1. The average Bonchev–Trinajstić information content (AvgIpc) is 2.19. The molecule has 13 heavy (non-hydrogen) atoms. The van der Waals surface area contributed by atoms with Gasteiger partial charge in [0.2, 0.25) is 0 Å². The van der Waals surface area contributed by atoms with Crippen molar-refractivity contribution in [3.8, 4) is 0 Å². The molecule has 70 valence electrons. The number of rotatable bonds is 3. The average molecular weight is 179 g/mol. The lowest BCUT2D eigenvalue weighted by Gasteiger charge is -2.10. The number of nitrogens with zero attached hydrogens (tertiary/aromatic N) is 1. The van der Waals surface area contributed by atoms with Gasteiger partial charge < -0.3 is 11.1 Å². The lowest BCUT2D eigenvalue weighted by molar-refractivity contribution is 0.0941. The van der Waals surface area contributed by atoms with Gasteiger partial charge in [-0.05, 0) is 19.1 Å². The van der Waals surface area contributed by atoms with Crippen LogP contribution in [-0.2, 0) is 0 Å². The number of carbonyl (C=O) groups is 1. The Kier molecular flexibility index (Phi) is 3.40. The van der Waals surface area contributed by atoms with Crippen molar-refractivity contribution < 1.29 is 4.79 Å². The van der Waals surface area contributed by atoms with Crippen molar-refractivity contribution in [2.24, 2.45) is 5.73 Å². The van der Waals surface area contributed by atoms with Crippen LogP contribution < -0.4 is 11.1 Å². The highest BCUT2D eigenvalue weighted by atomic mass is 16.1. The second-order valence-electron chi connectivity index (χ2n) is 2.85. The number of nitrogens with two attached hydrogens (primary N) is 1. The van der Waals surface area contributed by atoms with E-state index in [2.05, 4.69) is 10.3 Å². The Hall–Kier alpha value is -1.42. The summed E-state index contributed by atoms with van der Waals surface area (Å²) in [5.74, 6) is -0.133. The molecule has 1 rings (SSSR count). The van der Waals surface area contributed by atoms with E-state index in [9.17, 15) is 4.79 Å². The molecule has 4 nitrogen and oxygen atoms in total. The minimum Gasteiger partial charge on any atom is -0.348 e. The molecule has 1 aromatic heterocycles. The Morgan fingerprint density at radius 1 is 1.77 bits per heavy atom. The Labute approximate surface area is 77.2 Å². The van der Waals surface area contributed by atoms with Gasteiger partial charge in [0.1, 0.15) is 0 Å². The number of hydrogen-bond acceptors (Lipinski definition) is 3. The van der Waals surface area contributed by atoms with Gasteiger partial charge in [-0.3, -0.25) is 9.78 Å². The zero-order valence-electron chi connectivity index (χ0n) is 7.53. The van der Waals surface area contributed by atoms with Gasteiger partial charge in [-0.2, -0.15) is 0 Å². The lowest BCUT2D eigenvalue weighted by Crippen LogP contribution is -2.37. The molecule has 1 heterocycles. The van der Waals surface area contributed by atoms with Crippen molar-refractivity contribution in [1.82, 2.24) is 10.3 Å². The van der Waals surface area contributed by atoms with Gasteiger partial charge >= 0.3 is 0 Å². The van der Waals surface area contributed by atoms with Crippen molar-refractivity contribution in [3.05, 3.63) is 30.1 Å². The quantitative estimate of drug-likeness (QED) is 0.694. The molecule has 4 heteroatoms. The Bertz CT molecular complexity index is 273. The summed E-state index contributed by atoms with van der Waals surface area (Å²) in [5.41, 5.74) is 5.93. The zero-order chi connectivity index (χ0) is 9.68. The van der Waals surface area contributed by atoms with E-state index in [0.717, 1.165) is 0 Å². The van der Waals surface area contributed by atoms with Gasteiger partial charge in [0.25, 0.3) is 5.91 Å². The van der Waals surface area contributed by atoms with E-state index in [0.29, 0.717) is 12.1 Å². The van der Waals surface area contributed by atoms with Crippen molar-refractivity contribution >= 4 is 5.91 Å². The van der Waals surface area contributed by atoms with Gasteiger partial charge in [-0.15, -0.1) is 0 Å². The van der Waals surface area contributed by atoms with E-state index in [-0.39, 0.29) is 11.9 Å². The largest absolute Gasteiger partial charge is 0.348 e. The first-order chi connectivity index (χ1) is 6.24. The van der Waals surface area contributed by atoms with E-state index in [4.69, 9.17) is 5.73 Å². The first-order valence-corrected chi connectivity index (χ1v) is 4.15. The maximum Gasteiger partial charge on any atom is 0.253 e. The minimum absolute atomic E-state index is 0.00675. The monoisotopic (exact) mass is 179 g/mol. The smallest absolute Gasteiger partial charge is 0.253 e. The van der Waals surface area contributed by atoms with Crippen molar-refractivity contribution in [1.29, 1.82) is 0 Å². The maximum absolute atomic E-state index is 11.4. The fraction of sp³-hybridized carbons (Fsp3) is 0.333. The van der Waals surface area contributed by atoms with Gasteiger partial charge in [0.05, 0.1) is 5.56 Å². The van der Waals surface area contributed by atoms with E-state index >= 15 is 0 Å². The van der Waals surface area contributed by atoms with Crippen LogP contribution in [0.5, 0.6) is 0 Å². The van der Waals surface area contributed by atoms with Crippen LogP contribution in [0.3, 0.4) is 0 Å². The molecule has 0 unspecified atom stereocenters. The van der Waals surface area contributed by atoms with E-state index in [1.165, 1.54) is 6.20 Å². The third-order valence-electron chi connectivity index (χ3n) is 1.65. The van der Waals surface area contributed by atoms with Crippen molar-refractivity contribution in [2.45, 2.75) is 13.0 Å². The van der Waals surface area contributed by atoms with Gasteiger partial charge in [0, 0.05) is 25.0 Å². The third-order valence-corrected chi connectivity index (χ3v) is 1.65. The molecular weight excluding hydrogens is 166 g/mol. The van der Waals surface area contributed by atoms with Crippen molar-refractivity contribution in [3.63, 3.8) is 0 Å². The molecule has 0 aromatic carbocycles. The van der Waals surface area contributed by atoms with Crippen LogP contribution in [0.15, 0.2) is 24.5 Å². The predicted molar refractivity (Wildman–Crippen MR) is 50.2 cm³/mol. The summed E-state index contributed by atoms with van der Waals surface area (Å²) in [6, 6.07) is 3.43. The molecule has 1 amide bonds. The summed E-state index contributed by atoms with van der Waals surface area (Å²) in [6.07, 6.45) is 3.15. The highest BCUT2D eigenvalue weighted by molar-refractivity contribution is 5.93. The summed E-state index contributed by atoms with van der Waals surface area (Å²) >= 11 is 0. The van der Waals surface area contributed by atoms with Crippen LogP contribution in [0, 0.1) is 0 Å². The second kappa shape index (κ2) is 4.57. The first kappa shape index (κ1) is 9.67. The summed E-state index contributed by atoms with van der Waals surface area (Å²) < 4.78 is 0. The second-order valence-corrected chi connectivity index (χ2v) is 2.85. The fourth-order valence-corrected chi connectivity index (χ4v) is 0.863. The summed E-state index contributed by atoms with van der Waals surface area (Å²) in [7, 11) is 0. The maximum atomic E-state index is 11.4. The third kappa shape index (κ3) is 2.83. The Balaban J connectivity index is 2.59. The Morgan fingerprint density at radius 2 is 2.54 bits per heavy atom.